The van der Waals surface area contributed by atoms with Gasteiger partial charge in [0.25, 0.3) is 6.71 Å². The largest absolute Gasteiger partial charge is 0.458 e. The molecule has 0 bridgehead atoms. The second kappa shape index (κ2) is 19.8. The fourth-order valence-corrected chi connectivity index (χ4v) is 22.5. The minimum atomic E-state index is -2.94. The second-order valence-corrected chi connectivity index (χ2v) is 31.2. The van der Waals surface area contributed by atoms with Gasteiger partial charge in [-0.3, -0.25) is 0 Å². The van der Waals surface area contributed by atoms with Crippen LogP contribution in [0.3, 0.4) is 0 Å². The molecule has 79 heavy (non-hydrogen) atoms. The van der Waals surface area contributed by atoms with Gasteiger partial charge in [-0.1, -0.05) is 296 Å². The minimum Gasteiger partial charge on any atom is -0.458 e. The fraction of sp³-hybridized carbons (Fsp3) is 0.108. The quantitative estimate of drug-likeness (QED) is 0.100. The lowest BCUT2D eigenvalue weighted by Crippen LogP contribution is -2.74. The average molecular weight is 1050 g/mol. The van der Waals surface area contributed by atoms with Gasteiger partial charge in [0, 0.05) is 16.6 Å². The van der Waals surface area contributed by atoms with E-state index in [9.17, 15) is 0 Å². The lowest BCUT2D eigenvalue weighted by molar-refractivity contribution is 0.466. The third kappa shape index (κ3) is 8.46. The summed E-state index contributed by atoms with van der Waals surface area (Å²) in [5.74, 6) is 3.44. The summed E-state index contributed by atoms with van der Waals surface area (Å²) in [5, 5.41) is 10.6. The van der Waals surface area contributed by atoms with Gasteiger partial charge < -0.3 is 9.47 Å². The van der Waals surface area contributed by atoms with Crippen molar-refractivity contribution in [3.05, 3.63) is 284 Å². The van der Waals surface area contributed by atoms with Crippen molar-refractivity contribution in [3.8, 4) is 45.3 Å². The van der Waals surface area contributed by atoms with E-state index in [0.29, 0.717) is 0 Å². The summed E-state index contributed by atoms with van der Waals surface area (Å²) < 4.78 is 15.1. The number of ether oxygens (including phenoxy) is 2. The van der Waals surface area contributed by atoms with Gasteiger partial charge in [0.15, 0.2) is 16.1 Å². The predicted molar refractivity (Wildman–Crippen MR) is 340 cm³/mol. The number of hydrogen-bond donors (Lipinski definition) is 0. The molecule has 0 aliphatic carbocycles. The molecule has 11 aromatic rings. The molecule has 0 spiro atoms. The molecule has 0 amide bonds. The Morgan fingerprint density at radius 3 is 0.873 bits per heavy atom. The molecule has 0 fully saturated rings. The van der Waals surface area contributed by atoms with Gasteiger partial charge in [0.1, 0.15) is 23.0 Å². The van der Waals surface area contributed by atoms with Gasteiger partial charge in [-0.2, -0.15) is 0 Å². The van der Waals surface area contributed by atoms with Gasteiger partial charge in [0.05, 0.1) is 0 Å². The molecule has 11 aromatic carbocycles. The van der Waals surface area contributed by atoms with Crippen molar-refractivity contribution in [3.63, 3.8) is 0 Å². The maximum Gasteiger partial charge on any atom is 0.260 e. The summed E-state index contributed by atoms with van der Waals surface area (Å²) in [4.78, 5) is 0. The first-order valence-electron chi connectivity index (χ1n) is 27.8. The molecular formula is C74H63BO2Si2. The van der Waals surface area contributed by atoms with Crippen LogP contribution in [-0.4, -0.2) is 22.9 Å². The molecule has 0 aromatic heterocycles. The van der Waals surface area contributed by atoms with Gasteiger partial charge in [-0.25, -0.2) is 0 Å². The van der Waals surface area contributed by atoms with Gasteiger partial charge in [-0.15, -0.1) is 0 Å². The van der Waals surface area contributed by atoms with E-state index in [1.54, 1.807) is 0 Å². The van der Waals surface area contributed by atoms with Crippen molar-refractivity contribution in [2.45, 2.75) is 52.4 Å². The molecule has 13 rings (SSSR count). The Bertz CT molecular complexity index is 3570. The average Bonchev–Trinajstić information content (AvgIpc) is 3.68. The molecule has 2 heterocycles. The fourth-order valence-electron chi connectivity index (χ4n) is 12.9. The molecule has 0 N–H and O–H groups in total. The highest BCUT2D eigenvalue weighted by Crippen LogP contribution is 2.47. The van der Waals surface area contributed by atoms with Crippen LogP contribution in [0.4, 0.5) is 0 Å². The van der Waals surface area contributed by atoms with Gasteiger partial charge >= 0.3 is 0 Å². The molecular weight excluding hydrogens is 988 g/mol. The first-order valence-corrected chi connectivity index (χ1v) is 31.8. The Labute approximate surface area is 469 Å². The molecule has 0 saturated heterocycles. The van der Waals surface area contributed by atoms with Gasteiger partial charge in [0.2, 0.25) is 0 Å². The monoisotopic (exact) mass is 1050 g/mol. The van der Waals surface area contributed by atoms with Gasteiger partial charge in [-0.05, 0) is 104 Å². The topological polar surface area (TPSA) is 18.5 Å². The van der Waals surface area contributed by atoms with E-state index in [2.05, 4.69) is 315 Å². The maximum atomic E-state index is 7.55. The standard InChI is InChI=1S/C74H63BO2Si2/c1-73(2,3)54-43-45-68-66(49-54)75-67-50-55(74(4,5)6)44-46-69(67)77-72-65(53-28-26-42-63(48-53)79(59-35-19-10-20-36-59,60-37-21-11-22-38-60)61-39-23-12-24-40-61)51-64(71(76-68)70(72)75)52-27-25-41-62(47-52)78(56-29-13-7-14-30-56,57-31-15-8-16-32-57)58-33-17-9-18-34-58/h7-51H,1-6H3. The van der Waals surface area contributed by atoms with Crippen molar-refractivity contribution < 1.29 is 9.47 Å². The molecule has 0 unspecified atom stereocenters. The van der Waals surface area contributed by atoms with Crippen LogP contribution >= 0.6 is 0 Å². The van der Waals surface area contributed by atoms with Crippen LogP contribution in [0.1, 0.15) is 52.7 Å². The zero-order valence-corrected chi connectivity index (χ0v) is 47.9. The summed E-state index contributed by atoms with van der Waals surface area (Å²) in [5.41, 5.74) is 10.00. The van der Waals surface area contributed by atoms with E-state index >= 15 is 0 Å². The van der Waals surface area contributed by atoms with Crippen molar-refractivity contribution in [2.75, 3.05) is 0 Å². The zero-order chi connectivity index (χ0) is 53.9. The van der Waals surface area contributed by atoms with Crippen molar-refractivity contribution in [1.29, 1.82) is 0 Å². The van der Waals surface area contributed by atoms with E-state index in [1.807, 2.05) is 0 Å². The van der Waals surface area contributed by atoms with Crippen LogP contribution in [-0.2, 0) is 10.8 Å². The van der Waals surface area contributed by atoms with E-state index in [-0.39, 0.29) is 17.5 Å². The summed E-state index contributed by atoms with van der Waals surface area (Å²) >= 11 is 0. The molecule has 0 saturated carbocycles. The second-order valence-electron chi connectivity index (χ2n) is 23.5. The highest BCUT2D eigenvalue weighted by atomic mass is 28.3. The van der Waals surface area contributed by atoms with Crippen LogP contribution in [0.25, 0.3) is 22.3 Å². The smallest absolute Gasteiger partial charge is 0.260 e. The van der Waals surface area contributed by atoms with E-state index < -0.39 is 16.1 Å². The minimum absolute atomic E-state index is 0.0907. The van der Waals surface area contributed by atoms with Crippen LogP contribution in [0, 0.1) is 0 Å². The van der Waals surface area contributed by atoms with Crippen LogP contribution in [0.5, 0.6) is 23.0 Å². The maximum absolute atomic E-state index is 7.55. The SMILES string of the molecule is CC(C)(C)c1ccc2c(c1)B1c3cc(C(C)(C)C)ccc3Oc3c(-c4cccc([Si](c5ccccc5)(c5ccccc5)c5ccccc5)c4)cc(-c4cccc([Si](c5ccccc5)(c5ccccc5)c5ccccc5)c4)c(c31)O2. The Morgan fingerprint density at radius 2 is 0.582 bits per heavy atom. The molecule has 0 radical (unpaired) electrons. The Morgan fingerprint density at radius 1 is 0.291 bits per heavy atom. The third-order valence-corrected chi connectivity index (χ3v) is 26.4. The third-order valence-electron chi connectivity index (χ3n) is 16.8. The lowest BCUT2D eigenvalue weighted by Gasteiger charge is -2.37. The summed E-state index contributed by atoms with van der Waals surface area (Å²) in [6.45, 7) is 13.6. The highest BCUT2D eigenvalue weighted by molar-refractivity contribution is 7.20. The van der Waals surface area contributed by atoms with Crippen LogP contribution in [0.15, 0.2) is 273 Å². The van der Waals surface area contributed by atoms with E-state index in [4.69, 9.17) is 9.47 Å². The number of rotatable bonds is 10. The van der Waals surface area contributed by atoms with Crippen LogP contribution in [0.2, 0.25) is 0 Å². The molecule has 5 heteroatoms. The number of hydrogen-bond acceptors (Lipinski definition) is 2. The number of benzene rings is 11. The summed E-state index contributed by atoms with van der Waals surface area (Å²) in [7, 11) is -5.87. The highest BCUT2D eigenvalue weighted by Gasteiger charge is 2.46. The van der Waals surface area contributed by atoms with Crippen molar-refractivity contribution in [2.24, 2.45) is 0 Å². The normalized spacial score (nSPS) is 12.9. The van der Waals surface area contributed by atoms with Crippen molar-refractivity contribution >= 4 is 80.7 Å². The zero-order valence-electron chi connectivity index (χ0n) is 45.9. The summed E-state index contributed by atoms with van der Waals surface area (Å²) in [6, 6.07) is 102. The molecule has 2 aliphatic rings. The molecule has 2 nitrogen and oxygen atoms in total. The van der Waals surface area contributed by atoms with E-state index in [0.717, 1.165) is 61.6 Å². The Balaban J connectivity index is 1.13. The Kier molecular flexibility index (Phi) is 12.5. The predicted octanol–water partition coefficient (Wildman–Crippen LogP) is 11.1. The lowest BCUT2D eigenvalue weighted by atomic mass is 9.34. The number of fused-ring (bicyclic) bond motifs is 4. The van der Waals surface area contributed by atoms with Crippen molar-refractivity contribution in [1.82, 2.24) is 0 Å². The molecule has 0 atom stereocenters. The molecule has 2 aliphatic heterocycles. The molecule has 382 valence electrons. The first-order chi connectivity index (χ1) is 38.4. The summed E-state index contributed by atoms with van der Waals surface area (Å²) in [6.07, 6.45) is 0. The Hall–Kier alpha value is -8.48. The first kappa shape index (κ1) is 50.0. The van der Waals surface area contributed by atoms with E-state index in [1.165, 1.54) is 52.6 Å². The van der Waals surface area contributed by atoms with Crippen LogP contribution < -0.4 is 67.4 Å².